The predicted molar refractivity (Wildman–Crippen MR) is 83.9 cm³/mol. The Bertz CT molecular complexity index is 479. The molecule has 1 aliphatic rings. The highest BCUT2D eigenvalue weighted by molar-refractivity contribution is 5.96. The van der Waals surface area contributed by atoms with Crippen molar-refractivity contribution < 1.29 is 4.79 Å². The Labute approximate surface area is 121 Å². The van der Waals surface area contributed by atoms with Crippen molar-refractivity contribution in [1.82, 2.24) is 5.32 Å². The molecule has 1 saturated carbocycles. The van der Waals surface area contributed by atoms with Crippen LogP contribution in [0.3, 0.4) is 0 Å². The summed E-state index contributed by atoms with van der Waals surface area (Å²) in [4.78, 5) is 11.7. The van der Waals surface area contributed by atoms with Gasteiger partial charge < -0.3 is 16.4 Å². The number of nitrogens with two attached hydrogens (primary N) is 1. The molecule has 1 aromatic rings. The summed E-state index contributed by atoms with van der Waals surface area (Å²) >= 11 is 0. The minimum absolute atomic E-state index is 0.0841. The lowest BCUT2D eigenvalue weighted by atomic mass is 9.83. The van der Waals surface area contributed by atoms with Gasteiger partial charge in [0.1, 0.15) is 0 Å². The number of hydrogen-bond acceptors (Lipinski definition) is 3. The molecule has 1 amide bonds. The molecule has 0 atom stereocenters. The maximum absolute atomic E-state index is 11.7. The van der Waals surface area contributed by atoms with Gasteiger partial charge >= 0.3 is 0 Å². The quantitative estimate of drug-likeness (QED) is 0.724. The van der Waals surface area contributed by atoms with Gasteiger partial charge in [-0.25, -0.2) is 0 Å². The normalized spacial score (nSPS) is 16.9. The van der Waals surface area contributed by atoms with E-state index in [1.807, 2.05) is 6.07 Å². The van der Waals surface area contributed by atoms with Crippen LogP contribution in [-0.4, -0.2) is 19.5 Å². The van der Waals surface area contributed by atoms with Crippen molar-refractivity contribution in [2.24, 2.45) is 5.41 Å². The zero-order valence-corrected chi connectivity index (χ0v) is 12.5. The molecule has 4 heteroatoms. The van der Waals surface area contributed by atoms with Crippen molar-refractivity contribution in [1.29, 1.82) is 0 Å². The van der Waals surface area contributed by atoms with Gasteiger partial charge in [-0.15, -0.1) is 0 Å². The van der Waals surface area contributed by atoms with Crippen LogP contribution >= 0.6 is 0 Å². The highest BCUT2D eigenvalue weighted by Crippen LogP contribution is 2.41. The van der Waals surface area contributed by atoms with Crippen LogP contribution in [0.4, 0.5) is 11.4 Å². The molecule has 4 N–H and O–H groups in total. The van der Waals surface area contributed by atoms with E-state index in [9.17, 15) is 4.79 Å². The summed E-state index contributed by atoms with van der Waals surface area (Å²) in [6.07, 6.45) is 6.40. The first kappa shape index (κ1) is 14.7. The van der Waals surface area contributed by atoms with E-state index in [2.05, 4.69) is 17.6 Å². The minimum Gasteiger partial charge on any atom is -0.397 e. The molecule has 0 radical (unpaired) electrons. The molecule has 110 valence electrons. The standard InChI is InChI=1S/C16H25N3O/c1-3-16(8-4-5-9-16)11-19-14-10-12(15(20)18-2)6-7-13(14)17/h6-7,10,19H,3-5,8-9,11,17H2,1-2H3,(H,18,20). The first-order chi connectivity index (χ1) is 9.60. The summed E-state index contributed by atoms with van der Waals surface area (Å²) in [5.41, 5.74) is 8.61. The summed E-state index contributed by atoms with van der Waals surface area (Å²) in [5.74, 6) is -0.0841. The fourth-order valence-electron chi connectivity index (χ4n) is 3.06. The van der Waals surface area contributed by atoms with E-state index in [1.54, 1.807) is 19.2 Å². The summed E-state index contributed by atoms with van der Waals surface area (Å²) in [5, 5.41) is 6.10. The Kier molecular flexibility index (Phi) is 4.53. The zero-order valence-electron chi connectivity index (χ0n) is 12.5. The number of rotatable bonds is 5. The van der Waals surface area contributed by atoms with Crippen LogP contribution in [0.2, 0.25) is 0 Å². The SMILES string of the molecule is CCC1(CNc2cc(C(=O)NC)ccc2N)CCCC1. The molecule has 0 unspecified atom stereocenters. The molecule has 0 saturated heterocycles. The Hall–Kier alpha value is -1.71. The van der Waals surface area contributed by atoms with Gasteiger partial charge in [0, 0.05) is 19.2 Å². The lowest BCUT2D eigenvalue weighted by molar-refractivity contribution is 0.0963. The van der Waals surface area contributed by atoms with E-state index in [4.69, 9.17) is 5.73 Å². The van der Waals surface area contributed by atoms with E-state index in [0.717, 1.165) is 12.2 Å². The van der Waals surface area contributed by atoms with Crippen molar-refractivity contribution in [3.63, 3.8) is 0 Å². The second kappa shape index (κ2) is 6.16. The number of hydrogen-bond donors (Lipinski definition) is 3. The van der Waals surface area contributed by atoms with Crippen LogP contribution in [0.25, 0.3) is 0 Å². The molecule has 0 aromatic heterocycles. The van der Waals surface area contributed by atoms with E-state index in [1.165, 1.54) is 32.1 Å². The summed E-state index contributed by atoms with van der Waals surface area (Å²) < 4.78 is 0. The van der Waals surface area contributed by atoms with Crippen molar-refractivity contribution >= 4 is 17.3 Å². The monoisotopic (exact) mass is 275 g/mol. The average molecular weight is 275 g/mol. The first-order valence-electron chi connectivity index (χ1n) is 7.46. The van der Waals surface area contributed by atoms with Crippen LogP contribution in [0.1, 0.15) is 49.4 Å². The van der Waals surface area contributed by atoms with Crippen molar-refractivity contribution in [3.8, 4) is 0 Å². The third kappa shape index (κ3) is 3.06. The molecule has 1 fully saturated rings. The smallest absolute Gasteiger partial charge is 0.251 e. The predicted octanol–water partition coefficient (Wildman–Crippen LogP) is 3.01. The summed E-state index contributed by atoms with van der Waals surface area (Å²) in [6.45, 7) is 3.20. The Morgan fingerprint density at radius 2 is 2.05 bits per heavy atom. The molecular formula is C16H25N3O. The zero-order chi connectivity index (χ0) is 14.6. The highest BCUT2D eigenvalue weighted by atomic mass is 16.1. The average Bonchev–Trinajstić information content (AvgIpc) is 2.95. The number of amides is 1. The Morgan fingerprint density at radius 3 is 2.65 bits per heavy atom. The van der Waals surface area contributed by atoms with Crippen LogP contribution in [0, 0.1) is 5.41 Å². The third-order valence-corrected chi connectivity index (χ3v) is 4.61. The summed E-state index contributed by atoms with van der Waals surface area (Å²) in [6, 6.07) is 5.39. The van der Waals surface area contributed by atoms with E-state index in [-0.39, 0.29) is 5.91 Å². The van der Waals surface area contributed by atoms with E-state index in [0.29, 0.717) is 16.7 Å². The van der Waals surface area contributed by atoms with Gasteiger partial charge in [0.15, 0.2) is 0 Å². The Balaban J connectivity index is 2.10. The van der Waals surface area contributed by atoms with Gasteiger partial charge in [0.05, 0.1) is 11.4 Å². The molecule has 1 aliphatic carbocycles. The number of anilines is 2. The second-order valence-electron chi connectivity index (χ2n) is 5.80. The minimum atomic E-state index is -0.0841. The van der Waals surface area contributed by atoms with Crippen LogP contribution < -0.4 is 16.4 Å². The maximum atomic E-state index is 11.7. The third-order valence-electron chi connectivity index (χ3n) is 4.61. The molecule has 1 aromatic carbocycles. The number of nitrogen functional groups attached to an aromatic ring is 1. The number of carbonyl (C=O) groups is 1. The van der Waals surface area contributed by atoms with Crippen molar-refractivity contribution in [2.45, 2.75) is 39.0 Å². The maximum Gasteiger partial charge on any atom is 0.251 e. The van der Waals surface area contributed by atoms with Crippen LogP contribution in [-0.2, 0) is 0 Å². The number of benzene rings is 1. The Morgan fingerprint density at radius 1 is 1.35 bits per heavy atom. The fraction of sp³-hybridized carbons (Fsp3) is 0.562. The van der Waals surface area contributed by atoms with Gasteiger partial charge in [0.25, 0.3) is 5.91 Å². The molecule has 2 rings (SSSR count). The van der Waals surface area contributed by atoms with Gasteiger partial charge in [-0.1, -0.05) is 19.8 Å². The van der Waals surface area contributed by atoms with E-state index < -0.39 is 0 Å². The molecule has 0 aliphatic heterocycles. The lowest BCUT2D eigenvalue weighted by Gasteiger charge is -2.28. The van der Waals surface area contributed by atoms with Crippen molar-refractivity contribution in [3.05, 3.63) is 23.8 Å². The van der Waals surface area contributed by atoms with Gasteiger partial charge in [0.2, 0.25) is 0 Å². The van der Waals surface area contributed by atoms with Crippen LogP contribution in [0.5, 0.6) is 0 Å². The number of nitrogens with one attached hydrogen (secondary N) is 2. The molecular weight excluding hydrogens is 250 g/mol. The van der Waals surface area contributed by atoms with E-state index >= 15 is 0 Å². The summed E-state index contributed by atoms with van der Waals surface area (Å²) in [7, 11) is 1.64. The largest absolute Gasteiger partial charge is 0.397 e. The number of carbonyl (C=O) groups excluding carboxylic acids is 1. The fourth-order valence-corrected chi connectivity index (χ4v) is 3.06. The van der Waals surface area contributed by atoms with Crippen molar-refractivity contribution in [2.75, 3.05) is 24.6 Å². The second-order valence-corrected chi connectivity index (χ2v) is 5.80. The molecule has 0 bridgehead atoms. The van der Waals surface area contributed by atoms with Crippen LogP contribution in [0.15, 0.2) is 18.2 Å². The highest BCUT2D eigenvalue weighted by Gasteiger charge is 2.31. The molecule has 4 nitrogen and oxygen atoms in total. The molecule has 20 heavy (non-hydrogen) atoms. The molecule has 0 heterocycles. The van der Waals surface area contributed by atoms with Gasteiger partial charge in [-0.2, -0.15) is 0 Å². The lowest BCUT2D eigenvalue weighted by Crippen LogP contribution is -2.26. The van der Waals surface area contributed by atoms with Gasteiger partial charge in [-0.3, -0.25) is 4.79 Å². The van der Waals surface area contributed by atoms with Gasteiger partial charge in [-0.05, 0) is 42.9 Å². The molecule has 0 spiro atoms. The first-order valence-corrected chi connectivity index (χ1v) is 7.46. The topological polar surface area (TPSA) is 67.2 Å².